The summed E-state index contributed by atoms with van der Waals surface area (Å²) >= 11 is 3.55. The molecule has 0 saturated heterocycles. The Morgan fingerprint density at radius 3 is 2.71 bits per heavy atom. The first-order valence-corrected chi connectivity index (χ1v) is 7.38. The van der Waals surface area contributed by atoms with E-state index in [0.29, 0.717) is 6.04 Å². The van der Waals surface area contributed by atoms with E-state index in [1.807, 2.05) is 0 Å². The van der Waals surface area contributed by atoms with E-state index in [9.17, 15) is 0 Å². The standard InChI is InChI=1S/C15H22BrN/c1-10-4-5-11(2)15(8-10)17-13-6-7-14(16)12(3)9-13/h6-7,9-11,15,17H,4-5,8H2,1-3H3. The smallest absolute Gasteiger partial charge is 0.0345 e. The minimum Gasteiger partial charge on any atom is -0.382 e. The van der Waals surface area contributed by atoms with E-state index in [1.54, 1.807) is 0 Å². The minimum atomic E-state index is 0.638. The molecule has 1 N–H and O–H groups in total. The van der Waals surface area contributed by atoms with Crippen LogP contribution >= 0.6 is 15.9 Å². The fraction of sp³-hybridized carbons (Fsp3) is 0.600. The molecule has 94 valence electrons. The molecule has 0 radical (unpaired) electrons. The molecule has 0 spiro atoms. The normalized spacial score (nSPS) is 29.1. The number of rotatable bonds is 2. The van der Waals surface area contributed by atoms with Crippen LogP contribution in [0.15, 0.2) is 22.7 Å². The molecule has 0 aliphatic heterocycles. The maximum absolute atomic E-state index is 3.71. The van der Waals surface area contributed by atoms with Crippen LogP contribution in [0.3, 0.4) is 0 Å². The van der Waals surface area contributed by atoms with Gasteiger partial charge in [-0.25, -0.2) is 0 Å². The topological polar surface area (TPSA) is 12.0 Å². The van der Waals surface area contributed by atoms with Crippen molar-refractivity contribution in [3.8, 4) is 0 Å². The van der Waals surface area contributed by atoms with Gasteiger partial charge in [0.2, 0.25) is 0 Å². The Labute approximate surface area is 113 Å². The average Bonchev–Trinajstić information content (AvgIpc) is 2.29. The molecule has 1 aliphatic carbocycles. The van der Waals surface area contributed by atoms with E-state index in [-0.39, 0.29) is 0 Å². The predicted octanol–water partition coefficient (Wildman–Crippen LogP) is 4.99. The molecule has 2 rings (SSSR count). The van der Waals surface area contributed by atoms with Crippen LogP contribution in [0.5, 0.6) is 0 Å². The third-order valence-corrected chi connectivity index (χ3v) is 4.86. The molecule has 1 nitrogen and oxygen atoms in total. The molecule has 0 heterocycles. The lowest BCUT2D eigenvalue weighted by Gasteiger charge is -2.34. The zero-order chi connectivity index (χ0) is 12.4. The highest BCUT2D eigenvalue weighted by Crippen LogP contribution is 2.31. The number of aryl methyl sites for hydroxylation is 1. The van der Waals surface area contributed by atoms with Gasteiger partial charge in [-0.2, -0.15) is 0 Å². The van der Waals surface area contributed by atoms with Gasteiger partial charge >= 0.3 is 0 Å². The van der Waals surface area contributed by atoms with E-state index in [0.717, 1.165) is 11.8 Å². The van der Waals surface area contributed by atoms with Crippen LogP contribution in [0, 0.1) is 18.8 Å². The first-order chi connectivity index (χ1) is 8.06. The SMILES string of the molecule is Cc1cc(NC2CC(C)CCC2C)ccc1Br. The fourth-order valence-electron chi connectivity index (χ4n) is 2.68. The Kier molecular flexibility index (Phi) is 4.13. The maximum atomic E-state index is 3.71. The summed E-state index contributed by atoms with van der Waals surface area (Å²) in [5.74, 6) is 1.65. The Morgan fingerprint density at radius 1 is 1.24 bits per heavy atom. The second-order valence-corrected chi connectivity index (χ2v) is 6.46. The zero-order valence-corrected chi connectivity index (χ0v) is 12.5. The molecule has 1 aromatic carbocycles. The molecule has 2 heteroatoms. The average molecular weight is 296 g/mol. The van der Waals surface area contributed by atoms with Crippen molar-refractivity contribution in [1.29, 1.82) is 0 Å². The molecule has 3 atom stereocenters. The Bertz CT molecular complexity index is 389. The van der Waals surface area contributed by atoms with Gasteiger partial charge in [-0.3, -0.25) is 0 Å². The molecule has 17 heavy (non-hydrogen) atoms. The van der Waals surface area contributed by atoms with Crippen LogP contribution in [-0.2, 0) is 0 Å². The molecule has 1 aliphatic rings. The molecule has 1 aromatic rings. The van der Waals surface area contributed by atoms with Gasteiger partial charge in [0.05, 0.1) is 0 Å². The first-order valence-electron chi connectivity index (χ1n) is 6.59. The number of hydrogen-bond acceptors (Lipinski definition) is 1. The van der Waals surface area contributed by atoms with Crippen LogP contribution in [0.1, 0.15) is 38.7 Å². The summed E-state index contributed by atoms with van der Waals surface area (Å²) in [6, 6.07) is 7.17. The highest BCUT2D eigenvalue weighted by molar-refractivity contribution is 9.10. The summed E-state index contributed by atoms with van der Waals surface area (Å²) in [4.78, 5) is 0. The summed E-state index contributed by atoms with van der Waals surface area (Å²) in [5.41, 5.74) is 2.56. The van der Waals surface area contributed by atoms with Gasteiger partial charge in [-0.1, -0.05) is 36.2 Å². The molecular weight excluding hydrogens is 274 g/mol. The Morgan fingerprint density at radius 2 is 2.00 bits per heavy atom. The van der Waals surface area contributed by atoms with Gasteiger partial charge in [0.25, 0.3) is 0 Å². The number of hydrogen-bond donors (Lipinski definition) is 1. The third-order valence-electron chi connectivity index (χ3n) is 3.97. The summed E-state index contributed by atoms with van der Waals surface area (Å²) in [6.07, 6.45) is 4.04. The van der Waals surface area contributed by atoms with Crippen LogP contribution in [-0.4, -0.2) is 6.04 Å². The highest BCUT2D eigenvalue weighted by Gasteiger charge is 2.25. The molecule has 0 aromatic heterocycles. The molecule has 1 saturated carbocycles. The lowest BCUT2D eigenvalue weighted by Crippen LogP contribution is -2.33. The van der Waals surface area contributed by atoms with E-state index in [1.165, 1.54) is 35.0 Å². The largest absolute Gasteiger partial charge is 0.382 e. The van der Waals surface area contributed by atoms with Crippen molar-refractivity contribution in [3.05, 3.63) is 28.2 Å². The van der Waals surface area contributed by atoms with Crippen molar-refractivity contribution in [1.82, 2.24) is 0 Å². The van der Waals surface area contributed by atoms with Gasteiger partial charge in [-0.15, -0.1) is 0 Å². The highest BCUT2D eigenvalue weighted by atomic mass is 79.9. The molecule has 0 bridgehead atoms. The van der Waals surface area contributed by atoms with Crippen LogP contribution in [0.4, 0.5) is 5.69 Å². The van der Waals surface area contributed by atoms with Crippen LogP contribution in [0.2, 0.25) is 0 Å². The van der Waals surface area contributed by atoms with Crippen molar-refractivity contribution in [3.63, 3.8) is 0 Å². The molecule has 1 fully saturated rings. The number of benzene rings is 1. The second kappa shape index (κ2) is 5.43. The Balaban J connectivity index is 2.06. The van der Waals surface area contributed by atoms with E-state index in [4.69, 9.17) is 0 Å². The lowest BCUT2D eigenvalue weighted by molar-refractivity contribution is 0.280. The van der Waals surface area contributed by atoms with Crippen molar-refractivity contribution in [2.75, 3.05) is 5.32 Å². The van der Waals surface area contributed by atoms with Crippen molar-refractivity contribution in [2.24, 2.45) is 11.8 Å². The van der Waals surface area contributed by atoms with Gasteiger partial charge in [0, 0.05) is 16.2 Å². The van der Waals surface area contributed by atoms with Crippen LogP contribution in [0.25, 0.3) is 0 Å². The zero-order valence-electron chi connectivity index (χ0n) is 11.0. The Hall–Kier alpha value is -0.500. The van der Waals surface area contributed by atoms with Gasteiger partial charge in [0.15, 0.2) is 0 Å². The second-order valence-electron chi connectivity index (χ2n) is 5.61. The summed E-state index contributed by atoms with van der Waals surface area (Å²) in [7, 11) is 0. The van der Waals surface area contributed by atoms with E-state index in [2.05, 4.69) is 60.2 Å². The summed E-state index contributed by atoms with van der Waals surface area (Å²) in [6.45, 7) is 6.88. The molecule has 0 amide bonds. The number of nitrogens with one attached hydrogen (secondary N) is 1. The van der Waals surface area contributed by atoms with Crippen molar-refractivity contribution in [2.45, 2.75) is 46.1 Å². The van der Waals surface area contributed by atoms with Gasteiger partial charge < -0.3 is 5.32 Å². The van der Waals surface area contributed by atoms with E-state index >= 15 is 0 Å². The lowest BCUT2D eigenvalue weighted by atomic mass is 9.80. The third kappa shape index (κ3) is 3.25. The van der Waals surface area contributed by atoms with Crippen LogP contribution < -0.4 is 5.32 Å². The summed E-state index contributed by atoms with van der Waals surface area (Å²) < 4.78 is 1.19. The van der Waals surface area contributed by atoms with Crippen molar-refractivity contribution < 1.29 is 0 Å². The summed E-state index contributed by atoms with van der Waals surface area (Å²) in [5, 5.41) is 3.71. The van der Waals surface area contributed by atoms with Crippen molar-refractivity contribution >= 4 is 21.6 Å². The first kappa shape index (κ1) is 12.9. The monoisotopic (exact) mass is 295 g/mol. The van der Waals surface area contributed by atoms with Gasteiger partial charge in [-0.05, 0) is 55.4 Å². The van der Waals surface area contributed by atoms with E-state index < -0.39 is 0 Å². The quantitative estimate of drug-likeness (QED) is 0.810. The predicted molar refractivity (Wildman–Crippen MR) is 78.5 cm³/mol. The maximum Gasteiger partial charge on any atom is 0.0345 e. The minimum absolute atomic E-state index is 0.638. The molecular formula is C15H22BrN. The fourth-order valence-corrected chi connectivity index (χ4v) is 2.93. The number of halogens is 1. The molecule has 3 unspecified atom stereocenters. The number of anilines is 1. The van der Waals surface area contributed by atoms with Gasteiger partial charge in [0.1, 0.15) is 0 Å².